The van der Waals surface area contributed by atoms with Crippen LogP contribution >= 0.6 is 0 Å². The maximum atomic E-state index is 13.2. The Balaban J connectivity index is 1.80. The van der Waals surface area contributed by atoms with Crippen LogP contribution in [0.1, 0.15) is 32.6 Å². The number of hydrogen-bond acceptors (Lipinski definition) is 5. The van der Waals surface area contributed by atoms with Crippen molar-refractivity contribution in [3.05, 3.63) is 36.3 Å². The average Bonchev–Trinajstić information content (AvgIpc) is 2.55. The van der Waals surface area contributed by atoms with Gasteiger partial charge >= 0.3 is 0 Å². The summed E-state index contributed by atoms with van der Waals surface area (Å²) in [5.41, 5.74) is 0.615. The number of halogens is 1. The Morgan fingerprint density at radius 2 is 2.27 bits per heavy atom. The number of rotatable bonds is 4. The number of nitrogens with zero attached hydrogens (tertiary/aromatic N) is 4. The Kier molecular flexibility index (Phi) is 4.46. The molecule has 5 nitrogen and oxygen atoms in total. The normalized spacial score (nSPS) is 18.3. The van der Waals surface area contributed by atoms with Crippen LogP contribution in [0.3, 0.4) is 0 Å². The molecule has 0 amide bonds. The Labute approximate surface area is 129 Å². The quantitative estimate of drug-likeness (QED) is 0.936. The number of benzene rings is 1. The topological polar surface area (TPSA) is 53.9 Å². The van der Waals surface area contributed by atoms with E-state index in [2.05, 4.69) is 32.3 Å². The summed E-state index contributed by atoms with van der Waals surface area (Å²) in [6, 6.07) is 6.74. The van der Waals surface area contributed by atoms with Crippen LogP contribution in [-0.2, 0) is 0 Å². The number of anilines is 3. The van der Waals surface area contributed by atoms with Crippen LogP contribution in [0.25, 0.3) is 0 Å². The minimum atomic E-state index is -0.295. The molecule has 2 heterocycles. The van der Waals surface area contributed by atoms with Crippen LogP contribution < -0.4 is 10.2 Å². The highest BCUT2D eigenvalue weighted by molar-refractivity contribution is 5.54. The number of hydrogen-bond donors (Lipinski definition) is 1. The highest BCUT2D eigenvalue weighted by Crippen LogP contribution is 2.25. The van der Waals surface area contributed by atoms with E-state index in [9.17, 15) is 4.39 Å². The van der Waals surface area contributed by atoms with E-state index >= 15 is 0 Å². The van der Waals surface area contributed by atoms with Crippen molar-refractivity contribution >= 4 is 17.5 Å². The molecule has 2 aromatic rings. The molecule has 1 atom stereocenters. The predicted molar refractivity (Wildman–Crippen MR) is 84.8 cm³/mol. The third-order valence-electron chi connectivity index (χ3n) is 4.02. The van der Waals surface area contributed by atoms with Gasteiger partial charge in [-0.25, -0.2) is 4.39 Å². The first-order valence-corrected chi connectivity index (χ1v) is 7.75. The van der Waals surface area contributed by atoms with Crippen LogP contribution in [0, 0.1) is 5.82 Å². The summed E-state index contributed by atoms with van der Waals surface area (Å²) in [5.74, 6) is 0.931. The van der Waals surface area contributed by atoms with E-state index in [0.717, 1.165) is 18.8 Å². The van der Waals surface area contributed by atoms with E-state index in [4.69, 9.17) is 0 Å². The number of aromatic nitrogens is 3. The predicted octanol–water partition coefficient (Wildman–Crippen LogP) is 3.52. The van der Waals surface area contributed by atoms with Gasteiger partial charge in [0.25, 0.3) is 0 Å². The lowest BCUT2D eigenvalue weighted by molar-refractivity contribution is 0.446. The van der Waals surface area contributed by atoms with Crippen molar-refractivity contribution in [2.24, 2.45) is 0 Å². The second-order valence-electron chi connectivity index (χ2n) is 5.52. The molecule has 1 fully saturated rings. The molecule has 1 aromatic heterocycles. The zero-order chi connectivity index (χ0) is 15.4. The molecular formula is C16H20FN5. The first kappa shape index (κ1) is 14.7. The molecule has 3 rings (SSSR count). The molecule has 0 radical (unpaired) electrons. The standard InChI is InChI=1S/C16H20FN5/c1-2-14-8-3-4-9-22(14)15-11-18-21-16(20-15)19-13-7-5-6-12(17)10-13/h5-7,10-11,14H,2-4,8-9H2,1H3,(H,19,20,21). The van der Waals surface area contributed by atoms with Gasteiger partial charge < -0.3 is 10.2 Å². The van der Waals surface area contributed by atoms with Gasteiger partial charge in [-0.3, -0.25) is 0 Å². The maximum Gasteiger partial charge on any atom is 0.249 e. The van der Waals surface area contributed by atoms with Crippen molar-refractivity contribution in [1.82, 2.24) is 15.2 Å². The zero-order valence-electron chi connectivity index (χ0n) is 12.7. The summed E-state index contributed by atoms with van der Waals surface area (Å²) in [5, 5.41) is 11.0. The van der Waals surface area contributed by atoms with Crippen molar-refractivity contribution < 1.29 is 4.39 Å². The first-order chi connectivity index (χ1) is 10.8. The van der Waals surface area contributed by atoms with Gasteiger partial charge in [0, 0.05) is 18.3 Å². The maximum absolute atomic E-state index is 13.2. The molecule has 1 saturated heterocycles. The van der Waals surface area contributed by atoms with Gasteiger partial charge in [0.05, 0.1) is 6.20 Å². The molecule has 22 heavy (non-hydrogen) atoms. The van der Waals surface area contributed by atoms with Crippen molar-refractivity contribution in [2.75, 3.05) is 16.8 Å². The summed E-state index contributed by atoms with van der Waals surface area (Å²) < 4.78 is 13.2. The Morgan fingerprint density at radius 3 is 3.09 bits per heavy atom. The van der Waals surface area contributed by atoms with Crippen LogP contribution in [0.2, 0.25) is 0 Å². The van der Waals surface area contributed by atoms with Gasteiger partial charge in [0.2, 0.25) is 5.95 Å². The van der Waals surface area contributed by atoms with Crippen molar-refractivity contribution in [2.45, 2.75) is 38.6 Å². The lowest BCUT2D eigenvalue weighted by atomic mass is 10.0. The molecule has 1 unspecified atom stereocenters. The largest absolute Gasteiger partial charge is 0.352 e. The van der Waals surface area contributed by atoms with E-state index in [-0.39, 0.29) is 5.82 Å². The Hall–Kier alpha value is -2.24. The zero-order valence-corrected chi connectivity index (χ0v) is 12.7. The third kappa shape index (κ3) is 3.32. The van der Waals surface area contributed by atoms with Crippen molar-refractivity contribution in [1.29, 1.82) is 0 Å². The molecular weight excluding hydrogens is 281 g/mol. The molecule has 0 aliphatic carbocycles. The summed E-state index contributed by atoms with van der Waals surface area (Å²) in [6.45, 7) is 3.19. The Bertz CT molecular complexity index is 633. The minimum Gasteiger partial charge on any atom is -0.352 e. The molecule has 1 N–H and O–H groups in total. The fraction of sp³-hybridized carbons (Fsp3) is 0.438. The first-order valence-electron chi connectivity index (χ1n) is 7.75. The summed E-state index contributed by atoms with van der Waals surface area (Å²) in [7, 11) is 0. The lowest BCUT2D eigenvalue weighted by Crippen LogP contribution is -2.39. The molecule has 1 aromatic carbocycles. The molecule has 1 aliphatic heterocycles. The van der Waals surface area contributed by atoms with Crippen molar-refractivity contribution in [3.63, 3.8) is 0 Å². The molecule has 1 aliphatic rings. The SMILES string of the molecule is CCC1CCCCN1c1cnnc(Nc2cccc(F)c2)n1. The van der Waals surface area contributed by atoms with E-state index in [1.807, 2.05) is 0 Å². The fourth-order valence-electron chi connectivity index (χ4n) is 2.91. The van der Waals surface area contributed by atoms with Crippen molar-refractivity contribution in [3.8, 4) is 0 Å². The molecule has 116 valence electrons. The van der Waals surface area contributed by atoms with E-state index < -0.39 is 0 Å². The van der Waals surface area contributed by atoms with E-state index in [1.165, 1.54) is 31.4 Å². The number of piperidine rings is 1. The van der Waals surface area contributed by atoms with Gasteiger partial charge in [-0.15, -0.1) is 5.10 Å². The van der Waals surface area contributed by atoms with Gasteiger partial charge in [-0.1, -0.05) is 13.0 Å². The van der Waals surface area contributed by atoms with Gasteiger partial charge in [-0.2, -0.15) is 10.1 Å². The third-order valence-corrected chi connectivity index (χ3v) is 4.02. The lowest BCUT2D eigenvalue weighted by Gasteiger charge is -2.35. The molecule has 6 heteroatoms. The fourth-order valence-corrected chi connectivity index (χ4v) is 2.91. The minimum absolute atomic E-state index is 0.295. The van der Waals surface area contributed by atoms with Crippen LogP contribution in [0.5, 0.6) is 0 Å². The second kappa shape index (κ2) is 6.68. The molecule has 0 spiro atoms. The highest BCUT2D eigenvalue weighted by Gasteiger charge is 2.22. The molecule has 0 bridgehead atoms. The van der Waals surface area contributed by atoms with Crippen LogP contribution in [0.15, 0.2) is 30.5 Å². The Morgan fingerprint density at radius 1 is 1.36 bits per heavy atom. The smallest absolute Gasteiger partial charge is 0.249 e. The van der Waals surface area contributed by atoms with Gasteiger partial charge in [-0.05, 0) is 43.9 Å². The second-order valence-corrected chi connectivity index (χ2v) is 5.52. The van der Waals surface area contributed by atoms with Gasteiger partial charge in [0.15, 0.2) is 5.82 Å². The number of nitrogens with one attached hydrogen (secondary N) is 1. The summed E-state index contributed by atoms with van der Waals surface area (Å²) >= 11 is 0. The van der Waals surface area contributed by atoms with Gasteiger partial charge in [0.1, 0.15) is 5.82 Å². The summed E-state index contributed by atoms with van der Waals surface area (Å²) in [6.07, 6.45) is 6.42. The van der Waals surface area contributed by atoms with E-state index in [0.29, 0.717) is 17.7 Å². The summed E-state index contributed by atoms with van der Waals surface area (Å²) in [4.78, 5) is 6.84. The monoisotopic (exact) mass is 301 g/mol. The molecule has 0 saturated carbocycles. The van der Waals surface area contributed by atoms with E-state index in [1.54, 1.807) is 18.3 Å². The van der Waals surface area contributed by atoms with Crippen LogP contribution in [0.4, 0.5) is 21.8 Å². The highest BCUT2D eigenvalue weighted by atomic mass is 19.1. The average molecular weight is 301 g/mol. The van der Waals surface area contributed by atoms with Crippen LogP contribution in [-0.4, -0.2) is 27.8 Å².